The number of nitrogens with one attached hydrogen (secondary N) is 3. The lowest BCUT2D eigenvalue weighted by Crippen LogP contribution is -2.50. The van der Waals surface area contributed by atoms with E-state index in [0.29, 0.717) is 17.8 Å². The number of benzene rings is 1. The molecule has 0 radical (unpaired) electrons. The Morgan fingerprint density at radius 3 is 2.52 bits per heavy atom. The number of carbonyl (C=O) groups is 2. The molecule has 2 amide bonds. The highest BCUT2D eigenvalue weighted by atomic mass is 16.5. The maximum absolute atomic E-state index is 12.6. The van der Waals surface area contributed by atoms with Crippen molar-refractivity contribution < 1.29 is 14.3 Å². The molecule has 1 atom stereocenters. The van der Waals surface area contributed by atoms with Gasteiger partial charge in [-0.1, -0.05) is 37.3 Å². The minimum Gasteiger partial charge on any atom is -0.463 e. The van der Waals surface area contributed by atoms with Gasteiger partial charge in [0, 0.05) is 17.8 Å². The van der Waals surface area contributed by atoms with E-state index in [4.69, 9.17) is 4.74 Å². The molecular formula is C19H27N3O3. The number of hydrogen-bond donors (Lipinski definition) is 3. The maximum atomic E-state index is 12.6. The molecule has 25 heavy (non-hydrogen) atoms. The molecule has 0 spiro atoms. The number of ether oxygens (including phenoxy) is 1. The summed E-state index contributed by atoms with van der Waals surface area (Å²) in [7, 11) is 0. The average Bonchev–Trinajstić information content (AvgIpc) is 2.60. The van der Waals surface area contributed by atoms with Crippen LogP contribution in [0.2, 0.25) is 0 Å². The number of urea groups is 1. The molecule has 1 aliphatic heterocycles. The van der Waals surface area contributed by atoms with Gasteiger partial charge in [-0.3, -0.25) is 0 Å². The maximum Gasteiger partial charge on any atom is 0.338 e. The number of rotatable bonds is 7. The van der Waals surface area contributed by atoms with Gasteiger partial charge in [0.25, 0.3) is 0 Å². The Kier molecular flexibility index (Phi) is 6.20. The van der Waals surface area contributed by atoms with Crippen LogP contribution in [0.5, 0.6) is 0 Å². The van der Waals surface area contributed by atoms with Crippen LogP contribution in [0.4, 0.5) is 4.79 Å². The molecule has 0 fully saturated rings. The van der Waals surface area contributed by atoms with Crippen molar-refractivity contribution in [2.45, 2.75) is 45.7 Å². The highest BCUT2D eigenvalue weighted by molar-refractivity contribution is 5.95. The summed E-state index contributed by atoms with van der Waals surface area (Å²) in [5.41, 5.74) is 1.72. The summed E-state index contributed by atoms with van der Waals surface area (Å²) in [6.45, 7) is 8.67. The SMILES string of the molecule is CCOC(=O)C1=C(CNC(C)(C)CC)NC(=O)NC1c1ccccc1. The first kappa shape index (κ1) is 19.0. The highest BCUT2D eigenvalue weighted by Crippen LogP contribution is 2.27. The van der Waals surface area contributed by atoms with E-state index in [1.807, 2.05) is 30.3 Å². The van der Waals surface area contributed by atoms with Gasteiger partial charge >= 0.3 is 12.0 Å². The number of hydrogen-bond acceptors (Lipinski definition) is 4. The van der Waals surface area contributed by atoms with E-state index in [1.54, 1.807) is 6.92 Å². The Morgan fingerprint density at radius 1 is 1.24 bits per heavy atom. The van der Waals surface area contributed by atoms with Gasteiger partial charge in [0.05, 0.1) is 18.2 Å². The van der Waals surface area contributed by atoms with E-state index in [0.717, 1.165) is 12.0 Å². The van der Waals surface area contributed by atoms with E-state index >= 15 is 0 Å². The van der Waals surface area contributed by atoms with Crippen molar-refractivity contribution >= 4 is 12.0 Å². The van der Waals surface area contributed by atoms with Crippen LogP contribution in [-0.2, 0) is 9.53 Å². The predicted octanol–water partition coefficient (Wildman–Crippen LogP) is 2.64. The third-order valence-electron chi connectivity index (χ3n) is 4.41. The Balaban J connectivity index is 2.41. The third kappa shape index (κ3) is 4.82. The predicted molar refractivity (Wildman–Crippen MR) is 96.9 cm³/mol. The number of amides is 2. The molecule has 1 heterocycles. The fraction of sp³-hybridized carbons (Fsp3) is 0.474. The lowest BCUT2D eigenvalue weighted by molar-refractivity contribution is -0.139. The van der Waals surface area contributed by atoms with Crippen LogP contribution >= 0.6 is 0 Å². The van der Waals surface area contributed by atoms with Crippen molar-refractivity contribution in [3.8, 4) is 0 Å². The second-order valence-electron chi connectivity index (χ2n) is 6.65. The van der Waals surface area contributed by atoms with Crippen molar-refractivity contribution in [2.24, 2.45) is 0 Å². The first-order chi connectivity index (χ1) is 11.9. The van der Waals surface area contributed by atoms with E-state index in [2.05, 4.69) is 36.7 Å². The molecule has 1 unspecified atom stereocenters. The van der Waals surface area contributed by atoms with Crippen molar-refractivity contribution in [3.63, 3.8) is 0 Å². The third-order valence-corrected chi connectivity index (χ3v) is 4.41. The molecule has 2 rings (SSSR count). The number of carbonyl (C=O) groups excluding carboxylic acids is 2. The Morgan fingerprint density at radius 2 is 1.92 bits per heavy atom. The molecule has 0 aromatic heterocycles. The van der Waals surface area contributed by atoms with Crippen molar-refractivity contribution in [1.29, 1.82) is 0 Å². The molecule has 1 aromatic rings. The van der Waals surface area contributed by atoms with Crippen LogP contribution < -0.4 is 16.0 Å². The van der Waals surface area contributed by atoms with Crippen LogP contribution in [0.3, 0.4) is 0 Å². The van der Waals surface area contributed by atoms with Gasteiger partial charge in [-0.25, -0.2) is 9.59 Å². The molecule has 6 nitrogen and oxygen atoms in total. The van der Waals surface area contributed by atoms with Gasteiger partial charge in [-0.2, -0.15) is 0 Å². The first-order valence-electron chi connectivity index (χ1n) is 8.65. The molecule has 1 aliphatic rings. The van der Waals surface area contributed by atoms with Gasteiger partial charge in [-0.05, 0) is 32.8 Å². The zero-order chi connectivity index (χ0) is 18.4. The first-order valence-corrected chi connectivity index (χ1v) is 8.65. The molecule has 0 saturated heterocycles. The molecule has 6 heteroatoms. The fourth-order valence-electron chi connectivity index (χ4n) is 2.56. The van der Waals surface area contributed by atoms with Crippen LogP contribution in [-0.4, -0.2) is 30.7 Å². The Labute approximate surface area is 149 Å². The van der Waals surface area contributed by atoms with Gasteiger partial charge in [-0.15, -0.1) is 0 Å². The largest absolute Gasteiger partial charge is 0.463 e. The Bertz CT molecular complexity index is 653. The lowest BCUT2D eigenvalue weighted by atomic mass is 9.94. The van der Waals surface area contributed by atoms with Gasteiger partial charge in [0.15, 0.2) is 0 Å². The molecule has 0 bridgehead atoms. The van der Waals surface area contributed by atoms with Crippen molar-refractivity contribution in [1.82, 2.24) is 16.0 Å². The second kappa shape index (κ2) is 8.16. The molecular weight excluding hydrogens is 318 g/mol. The summed E-state index contributed by atoms with van der Waals surface area (Å²) in [4.78, 5) is 24.7. The van der Waals surface area contributed by atoms with Gasteiger partial charge < -0.3 is 20.7 Å². The molecule has 136 valence electrons. The van der Waals surface area contributed by atoms with Crippen LogP contribution in [0, 0.1) is 0 Å². The van der Waals surface area contributed by atoms with E-state index in [1.165, 1.54) is 0 Å². The van der Waals surface area contributed by atoms with Crippen LogP contribution in [0.15, 0.2) is 41.6 Å². The summed E-state index contributed by atoms with van der Waals surface area (Å²) in [6.07, 6.45) is 0.920. The Hall–Kier alpha value is -2.34. The average molecular weight is 345 g/mol. The molecule has 0 saturated carbocycles. The quantitative estimate of drug-likeness (QED) is 0.664. The zero-order valence-electron chi connectivity index (χ0n) is 15.3. The summed E-state index contributed by atoms with van der Waals surface area (Å²) in [5.74, 6) is -0.421. The van der Waals surface area contributed by atoms with Gasteiger partial charge in [0.2, 0.25) is 0 Å². The van der Waals surface area contributed by atoms with Crippen LogP contribution in [0.25, 0.3) is 0 Å². The second-order valence-corrected chi connectivity index (χ2v) is 6.65. The van der Waals surface area contributed by atoms with E-state index in [-0.39, 0.29) is 18.2 Å². The molecule has 0 aliphatic carbocycles. The standard InChI is InChI=1S/C19H27N3O3/c1-5-19(3,4)20-12-14-15(17(23)25-6-2)16(22-18(24)21-14)13-10-8-7-9-11-13/h7-11,16,20H,5-6,12H2,1-4H3,(H2,21,22,24). The monoisotopic (exact) mass is 345 g/mol. The minimum absolute atomic E-state index is 0.107. The lowest BCUT2D eigenvalue weighted by Gasteiger charge is -2.32. The van der Waals surface area contributed by atoms with Crippen molar-refractivity contribution in [2.75, 3.05) is 13.2 Å². The van der Waals surface area contributed by atoms with Gasteiger partial charge in [0.1, 0.15) is 0 Å². The number of esters is 1. The highest BCUT2D eigenvalue weighted by Gasteiger charge is 2.33. The van der Waals surface area contributed by atoms with Crippen molar-refractivity contribution in [3.05, 3.63) is 47.2 Å². The van der Waals surface area contributed by atoms with E-state index in [9.17, 15) is 9.59 Å². The summed E-state index contributed by atoms with van der Waals surface area (Å²) in [5, 5.41) is 8.98. The summed E-state index contributed by atoms with van der Waals surface area (Å²) in [6, 6.07) is 8.57. The topological polar surface area (TPSA) is 79.5 Å². The molecule has 3 N–H and O–H groups in total. The fourth-order valence-corrected chi connectivity index (χ4v) is 2.56. The summed E-state index contributed by atoms with van der Waals surface area (Å²) >= 11 is 0. The normalized spacial score (nSPS) is 17.8. The van der Waals surface area contributed by atoms with Crippen LogP contribution in [0.1, 0.15) is 45.7 Å². The van der Waals surface area contributed by atoms with E-state index < -0.39 is 12.0 Å². The molecule has 1 aromatic carbocycles. The summed E-state index contributed by atoms with van der Waals surface area (Å²) < 4.78 is 5.24. The smallest absolute Gasteiger partial charge is 0.338 e. The zero-order valence-corrected chi connectivity index (χ0v) is 15.3. The minimum atomic E-state index is -0.532.